The number of amides is 2. The first-order valence-electron chi connectivity index (χ1n) is 6.41. The monoisotopic (exact) mass is 243 g/mol. The summed E-state index contributed by atoms with van der Waals surface area (Å²) in [5.41, 5.74) is 3.71. The summed E-state index contributed by atoms with van der Waals surface area (Å²) in [6.07, 6.45) is 0.904. The van der Waals surface area contributed by atoms with Crippen LogP contribution in [-0.2, 0) is 13.0 Å². The number of carbonyl (C=O) groups excluding carboxylic acids is 1. The van der Waals surface area contributed by atoms with Crippen LogP contribution in [0.3, 0.4) is 0 Å². The lowest BCUT2D eigenvalue weighted by Crippen LogP contribution is -2.42. The number of hydrogen-bond acceptors (Lipinski definition) is 1. The van der Waals surface area contributed by atoms with Crippen LogP contribution in [0.5, 0.6) is 0 Å². The van der Waals surface area contributed by atoms with Crippen LogP contribution in [0.2, 0.25) is 0 Å². The van der Waals surface area contributed by atoms with Gasteiger partial charge in [0.15, 0.2) is 0 Å². The normalized spacial score (nSPS) is 14.6. The minimum Gasteiger partial charge on any atom is -0.358 e. The summed E-state index contributed by atoms with van der Waals surface area (Å²) in [5, 5.41) is 4.10. The molecule has 2 aromatic rings. The van der Waals surface area contributed by atoms with E-state index in [1.54, 1.807) is 0 Å². The van der Waals surface area contributed by atoms with Crippen molar-refractivity contribution in [3.63, 3.8) is 0 Å². The summed E-state index contributed by atoms with van der Waals surface area (Å²) in [5.74, 6) is 0. The zero-order valence-electron chi connectivity index (χ0n) is 10.5. The maximum absolute atomic E-state index is 11.9. The van der Waals surface area contributed by atoms with Gasteiger partial charge in [-0.05, 0) is 13.0 Å². The molecule has 0 saturated heterocycles. The van der Waals surface area contributed by atoms with Crippen molar-refractivity contribution in [2.45, 2.75) is 19.9 Å². The average molecular weight is 243 g/mol. The molecule has 0 aliphatic carbocycles. The first kappa shape index (κ1) is 11.1. The van der Waals surface area contributed by atoms with E-state index < -0.39 is 0 Å². The second-order valence-electron chi connectivity index (χ2n) is 4.63. The Labute approximate surface area is 106 Å². The summed E-state index contributed by atoms with van der Waals surface area (Å²) in [7, 11) is 0. The van der Waals surface area contributed by atoms with Crippen molar-refractivity contribution in [1.82, 2.24) is 15.2 Å². The van der Waals surface area contributed by atoms with Gasteiger partial charge in [0, 0.05) is 48.2 Å². The summed E-state index contributed by atoms with van der Waals surface area (Å²) >= 11 is 0. The zero-order valence-corrected chi connectivity index (χ0v) is 10.5. The van der Waals surface area contributed by atoms with Crippen LogP contribution in [-0.4, -0.2) is 29.0 Å². The van der Waals surface area contributed by atoms with E-state index in [9.17, 15) is 4.79 Å². The fourth-order valence-corrected chi connectivity index (χ4v) is 2.60. The predicted octanol–water partition coefficient (Wildman–Crippen LogP) is 2.26. The molecule has 2 heterocycles. The summed E-state index contributed by atoms with van der Waals surface area (Å²) < 4.78 is 0. The van der Waals surface area contributed by atoms with Crippen LogP contribution >= 0.6 is 0 Å². The Bertz CT molecular complexity index is 588. The van der Waals surface area contributed by atoms with Gasteiger partial charge in [0.1, 0.15) is 0 Å². The third kappa shape index (κ3) is 1.74. The van der Waals surface area contributed by atoms with E-state index in [0.717, 1.165) is 13.0 Å². The number of carbonyl (C=O) groups is 1. The maximum atomic E-state index is 11.9. The molecule has 1 aliphatic rings. The number of urea groups is 1. The summed E-state index contributed by atoms with van der Waals surface area (Å²) in [6.45, 7) is 4.10. The van der Waals surface area contributed by atoms with Crippen molar-refractivity contribution >= 4 is 16.9 Å². The van der Waals surface area contributed by atoms with Gasteiger partial charge in [-0.25, -0.2) is 4.79 Å². The number of hydrogen-bond donors (Lipinski definition) is 2. The van der Waals surface area contributed by atoms with Crippen molar-refractivity contribution < 1.29 is 4.79 Å². The minimum atomic E-state index is 0.0356. The molecule has 0 saturated carbocycles. The average Bonchev–Trinajstić information content (AvgIpc) is 2.76. The molecule has 1 aromatic carbocycles. The minimum absolute atomic E-state index is 0.0356. The standard InChI is InChI=1S/C14H17N3O/c1-2-15-14(18)17-8-7-13-11(9-17)10-5-3-4-6-12(10)16-13/h3-6,16H,2,7-9H2,1H3,(H,15,18). The number of nitrogens with one attached hydrogen (secondary N) is 2. The Kier molecular flexibility index (Phi) is 2.70. The molecule has 0 unspecified atom stereocenters. The van der Waals surface area contributed by atoms with E-state index in [0.29, 0.717) is 13.1 Å². The number of fused-ring (bicyclic) bond motifs is 3. The smallest absolute Gasteiger partial charge is 0.317 e. The highest BCUT2D eigenvalue weighted by Gasteiger charge is 2.23. The van der Waals surface area contributed by atoms with Crippen LogP contribution < -0.4 is 5.32 Å². The summed E-state index contributed by atoms with van der Waals surface area (Å²) in [6, 6.07) is 8.32. The Morgan fingerprint density at radius 2 is 2.28 bits per heavy atom. The topological polar surface area (TPSA) is 48.1 Å². The Morgan fingerprint density at radius 3 is 3.11 bits per heavy atom. The number of nitrogens with zero attached hydrogens (tertiary/aromatic N) is 1. The third-order valence-corrected chi connectivity index (χ3v) is 3.50. The predicted molar refractivity (Wildman–Crippen MR) is 71.5 cm³/mol. The quantitative estimate of drug-likeness (QED) is 0.793. The van der Waals surface area contributed by atoms with Gasteiger partial charge in [-0.1, -0.05) is 18.2 Å². The van der Waals surface area contributed by atoms with Gasteiger partial charge in [-0.3, -0.25) is 0 Å². The lowest BCUT2D eigenvalue weighted by Gasteiger charge is -2.27. The fraction of sp³-hybridized carbons (Fsp3) is 0.357. The van der Waals surface area contributed by atoms with Crippen molar-refractivity contribution in [2.75, 3.05) is 13.1 Å². The van der Waals surface area contributed by atoms with Gasteiger partial charge in [-0.2, -0.15) is 0 Å². The van der Waals surface area contributed by atoms with E-state index in [2.05, 4.69) is 22.4 Å². The molecule has 4 nitrogen and oxygen atoms in total. The highest BCUT2D eigenvalue weighted by Crippen LogP contribution is 2.27. The highest BCUT2D eigenvalue weighted by atomic mass is 16.2. The van der Waals surface area contributed by atoms with Gasteiger partial charge in [0.25, 0.3) is 0 Å². The number of para-hydroxylation sites is 1. The molecule has 1 aromatic heterocycles. The fourth-order valence-electron chi connectivity index (χ4n) is 2.60. The third-order valence-electron chi connectivity index (χ3n) is 3.50. The molecule has 4 heteroatoms. The molecule has 18 heavy (non-hydrogen) atoms. The molecule has 2 amide bonds. The molecule has 0 radical (unpaired) electrons. The number of benzene rings is 1. The van der Waals surface area contributed by atoms with Crippen LogP contribution in [0.1, 0.15) is 18.2 Å². The lowest BCUT2D eigenvalue weighted by molar-refractivity contribution is 0.193. The van der Waals surface area contributed by atoms with Crippen LogP contribution in [0.25, 0.3) is 10.9 Å². The molecule has 0 fully saturated rings. The Balaban J connectivity index is 1.94. The van der Waals surface area contributed by atoms with Crippen molar-refractivity contribution in [1.29, 1.82) is 0 Å². The van der Waals surface area contributed by atoms with Crippen molar-refractivity contribution in [3.8, 4) is 0 Å². The highest BCUT2D eigenvalue weighted by molar-refractivity contribution is 5.85. The molecule has 1 aliphatic heterocycles. The lowest BCUT2D eigenvalue weighted by atomic mass is 10.1. The van der Waals surface area contributed by atoms with Gasteiger partial charge < -0.3 is 15.2 Å². The van der Waals surface area contributed by atoms with E-state index in [4.69, 9.17) is 0 Å². The molecule has 0 spiro atoms. The molecule has 0 atom stereocenters. The van der Waals surface area contributed by atoms with E-state index in [1.807, 2.05) is 24.0 Å². The van der Waals surface area contributed by atoms with E-state index >= 15 is 0 Å². The first-order valence-corrected chi connectivity index (χ1v) is 6.41. The van der Waals surface area contributed by atoms with Gasteiger partial charge in [-0.15, -0.1) is 0 Å². The second-order valence-corrected chi connectivity index (χ2v) is 4.63. The van der Waals surface area contributed by atoms with Crippen LogP contribution in [0.15, 0.2) is 24.3 Å². The second kappa shape index (κ2) is 4.37. The van der Waals surface area contributed by atoms with Crippen LogP contribution in [0.4, 0.5) is 4.79 Å². The van der Waals surface area contributed by atoms with Crippen LogP contribution in [0, 0.1) is 0 Å². The maximum Gasteiger partial charge on any atom is 0.317 e. The van der Waals surface area contributed by atoms with Gasteiger partial charge in [0.2, 0.25) is 0 Å². The Morgan fingerprint density at radius 1 is 1.44 bits per heavy atom. The Hall–Kier alpha value is -1.97. The van der Waals surface area contributed by atoms with Gasteiger partial charge in [0.05, 0.1) is 0 Å². The van der Waals surface area contributed by atoms with Crippen molar-refractivity contribution in [2.24, 2.45) is 0 Å². The molecule has 3 rings (SSSR count). The van der Waals surface area contributed by atoms with E-state index in [-0.39, 0.29) is 6.03 Å². The zero-order chi connectivity index (χ0) is 12.5. The number of aromatic nitrogens is 1. The summed E-state index contributed by atoms with van der Waals surface area (Å²) in [4.78, 5) is 17.2. The van der Waals surface area contributed by atoms with Gasteiger partial charge >= 0.3 is 6.03 Å². The molecular formula is C14H17N3O. The molecule has 2 N–H and O–H groups in total. The SMILES string of the molecule is CCNC(=O)N1CCc2[nH]c3ccccc3c2C1. The number of H-pyrrole nitrogens is 1. The van der Waals surface area contributed by atoms with E-state index in [1.165, 1.54) is 22.2 Å². The number of aromatic amines is 1. The number of rotatable bonds is 1. The molecule has 0 bridgehead atoms. The molecular weight excluding hydrogens is 226 g/mol. The first-order chi connectivity index (χ1) is 8.79. The van der Waals surface area contributed by atoms with Crippen molar-refractivity contribution in [3.05, 3.63) is 35.5 Å². The molecule has 94 valence electrons. The largest absolute Gasteiger partial charge is 0.358 e.